The smallest absolute Gasteiger partial charge is 0.309 e. The molecule has 4 aromatic heterocycles. The largest absolute Gasteiger partial charge is 0.453 e. The van der Waals surface area contributed by atoms with E-state index in [1.807, 2.05) is 6.92 Å². The zero-order valence-electron chi connectivity index (χ0n) is 20.2. The minimum Gasteiger partial charge on any atom is -0.309 e. The number of carbonyl (C=O) groups is 1. The second kappa shape index (κ2) is 8.35. The van der Waals surface area contributed by atoms with E-state index in [9.17, 15) is 31.5 Å². The standard InChI is InChI=1S/C24H19F5N8O2/c1-11-6-13(8-30-7-11)23(12-2-3-12)16-18(36-21(23)39)34-17(35-20(16)38)15-9-37-19(31-10-32-37)14(33-15)4-5-22(25,26)24(27,28)29/h6-10,12H,2-5H2,1H3,(H2,34,35,36,38,39). The van der Waals surface area contributed by atoms with Crippen LogP contribution in [0.2, 0.25) is 0 Å². The molecule has 2 N–H and O–H groups in total. The number of hydrogen-bond acceptors (Lipinski definition) is 7. The Labute approximate surface area is 215 Å². The molecule has 1 fully saturated rings. The average molecular weight is 546 g/mol. The lowest BCUT2D eigenvalue weighted by atomic mass is 9.72. The summed E-state index contributed by atoms with van der Waals surface area (Å²) in [6.07, 6.45) is -1.04. The van der Waals surface area contributed by atoms with Crippen molar-refractivity contribution < 1.29 is 26.7 Å². The minimum atomic E-state index is -5.72. The molecule has 1 atom stereocenters. The van der Waals surface area contributed by atoms with E-state index in [-0.39, 0.29) is 40.2 Å². The van der Waals surface area contributed by atoms with Gasteiger partial charge in [-0.25, -0.2) is 19.5 Å². The number of fused-ring (bicyclic) bond motifs is 2. The van der Waals surface area contributed by atoms with Crippen LogP contribution >= 0.6 is 0 Å². The number of H-pyrrole nitrogens is 1. The molecule has 4 aromatic rings. The topological polar surface area (TPSA) is 131 Å². The molecular formula is C24H19F5N8O2. The van der Waals surface area contributed by atoms with E-state index in [1.165, 1.54) is 6.20 Å². The molecule has 0 saturated heterocycles. The fraction of sp³-hybridized carbons (Fsp3) is 0.375. The Bertz CT molecular complexity index is 1690. The lowest BCUT2D eigenvalue weighted by Crippen LogP contribution is -2.41. The van der Waals surface area contributed by atoms with Crippen molar-refractivity contribution in [2.45, 2.75) is 50.1 Å². The molecule has 0 aromatic carbocycles. The molecule has 1 saturated carbocycles. The SMILES string of the molecule is Cc1cncc(C2(C3CC3)C(=O)Nc3nc(-c4cn5ncnc5c(CCC(F)(F)C(F)(F)F)n4)[nH]c(=O)c32)c1. The summed E-state index contributed by atoms with van der Waals surface area (Å²) in [6.45, 7) is 1.82. The van der Waals surface area contributed by atoms with E-state index < -0.39 is 41.8 Å². The highest BCUT2D eigenvalue weighted by Gasteiger charge is 2.60. The molecule has 39 heavy (non-hydrogen) atoms. The Morgan fingerprint density at radius 3 is 2.59 bits per heavy atom. The Kier molecular flexibility index (Phi) is 5.35. The summed E-state index contributed by atoms with van der Waals surface area (Å²) in [5.74, 6) is -5.62. The first-order chi connectivity index (χ1) is 18.4. The third-order valence-corrected chi connectivity index (χ3v) is 7.09. The number of amides is 1. The van der Waals surface area contributed by atoms with Crippen LogP contribution in [0.5, 0.6) is 0 Å². The van der Waals surface area contributed by atoms with Crippen LogP contribution < -0.4 is 10.9 Å². The van der Waals surface area contributed by atoms with Crippen LogP contribution in [0.15, 0.2) is 35.8 Å². The second-order valence-electron chi connectivity index (χ2n) is 9.73. The number of aryl methyl sites for hydroxylation is 2. The summed E-state index contributed by atoms with van der Waals surface area (Å²) in [5, 5.41) is 6.63. The van der Waals surface area contributed by atoms with E-state index in [0.29, 0.717) is 5.56 Å². The van der Waals surface area contributed by atoms with Crippen molar-refractivity contribution in [1.82, 2.24) is 34.5 Å². The van der Waals surface area contributed by atoms with Gasteiger partial charge in [-0.3, -0.25) is 14.6 Å². The van der Waals surface area contributed by atoms with Crippen LogP contribution in [-0.4, -0.2) is 52.5 Å². The van der Waals surface area contributed by atoms with E-state index in [1.54, 1.807) is 18.5 Å². The predicted octanol–water partition coefficient (Wildman–Crippen LogP) is 3.36. The van der Waals surface area contributed by atoms with Crippen molar-refractivity contribution in [3.8, 4) is 11.5 Å². The normalized spacial score (nSPS) is 19.4. The number of pyridine rings is 1. The fourth-order valence-corrected chi connectivity index (χ4v) is 5.15. The van der Waals surface area contributed by atoms with E-state index >= 15 is 0 Å². The fourth-order valence-electron chi connectivity index (χ4n) is 5.15. The summed E-state index contributed by atoms with van der Waals surface area (Å²) >= 11 is 0. The van der Waals surface area contributed by atoms with Crippen LogP contribution in [-0.2, 0) is 16.6 Å². The summed E-state index contributed by atoms with van der Waals surface area (Å²) in [7, 11) is 0. The zero-order valence-corrected chi connectivity index (χ0v) is 20.2. The van der Waals surface area contributed by atoms with Gasteiger partial charge in [0.15, 0.2) is 11.5 Å². The maximum Gasteiger partial charge on any atom is 0.453 e. The number of alkyl halides is 5. The van der Waals surface area contributed by atoms with Gasteiger partial charge in [0, 0.05) is 18.8 Å². The molecule has 0 radical (unpaired) electrons. The van der Waals surface area contributed by atoms with Gasteiger partial charge in [0.1, 0.15) is 23.3 Å². The summed E-state index contributed by atoms with van der Waals surface area (Å²) in [4.78, 5) is 46.3. The molecule has 1 aliphatic carbocycles. The van der Waals surface area contributed by atoms with Crippen molar-refractivity contribution in [1.29, 1.82) is 0 Å². The van der Waals surface area contributed by atoms with Crippen molar-refractivity contribution >= 4 is 17.4 Å². The van der Waals surface area contributed by atoms with E-state index in [2.05, 4.69) is 35.3 Å². The Morgan fingerprint density at radius 2 is 1.90 bits per heavy atom. The van der Waals surface area contributed by atoms with Crippen LogP contribution in [0.3, 0.4) is 0 Å². The van der Waals surface area contributed by atoms with Crippen molar-refractivity contribution in [2.75, 3.05) is 5.32 Å². The molecule has 0 bridgehead atoms. The van der Waals surface area contributed by atoms with Gasteiger partial charge in [-0.1, -0.05) is 6.07 Å². The van der Waals surface area contributed by atoms with Crippen molar-refractivity contribution in [2.24, 2.45) is 5.92 Å². The first-order valence-corrected chi connectivity index (χ1v) is 11.9. The van der Waals surface area contributed by atoms with Gasteiger partial charge in [-0.15, -0.1) is 0 Å². The molecule has 15 heteroatoms. The molecule has 2 aliphatic rings. The molecule has 202 valence electrons. The number of halogens is 5. The number of nitrogens with zero attached hydrogens (tertiary/aromatic N) is 6. The Hall–Kier alpha value is -4.30. The molecule has 10 nitrogen and oxygen atoms in total. The Morgan fingerprint density at radius 1 is 1.13 bits per heavy atom. The van der Waals surface area contributed by atoms with Crippen molar-refractivity contribution in [3.63, 3.8) is 0 Å². The van der Waals surface area contributed by atoms with Gasteiger partial charge in [0.25, 0.3) is 5.56 Å². The number of carbonyl (C=O) groups excluding carboxylic acids is 1. The molecule has 0 spiro atoms. The number of nitrogens with one attached hydrogen (secondary N) is 2. The number of aromatic amines is 1. The highest BCUT2D eigenvalue weighted by molar-refractivity contribution is 6.08. The Balaban J connectivity index is 1.45. The molecule has 1 amide bonds. The lowest BCUT2D eigenvalue weighted by molar-refractivity contribution is -0.284. The van der Waals surface area contributed by atoms with Crippen LogP contribution in [0.1, 0.15) is 41.6 Å². The lowest BCUT2D eigenvalue weighted by Gasteiger charge is -2.27. The minimum absolute atomic E-state index is 0.0119. The van der Waals surface area contributed by atoms with Gasteiger partial charge >= 0.3 is 12.1 Å². The van der Waals surface area contributed by atoms with Gasteiger partial charge in [0.05, 0.1) is 17.5 Å². The van der Waals surface area contributed by atoms with Crippen molar-refractivity contribution in [3.05, 3.63) is 63.7 Å². The van der Waals surface area contributed by atoms with E-state index in [0.717, 1.165) is 29.2 Å². The van der Waals surface area contributed by atoms with Crippen LogP contribution in [0.4, 0.5) is 27.8 Å². The number of rotatable bonds is 6. The number of hydrogen-bond donors (Lipinski definition) is 2. The molecule has 1 aliphatic heterocycles. The zero-order chi connectivity index (χ0) is 27.7. The number of aromatic nitrogens is 7. The van der Waals surface area contributed by atoms with Gasteiger partial charge in [-0.2, -0.15) is 27.1 Å². The molecular weight excluding hydrogens is 527 g/mol. The molecule has 6 rings (SSSR count). The maximum atomic E-state index is 13.6. The van der Waals surface area contributed by atoms with Crippen LogP contribution in [0.25, 0.3) is 17.2 Å². The summed E-state index contributed by atoms with van der Waals surface area (Å²) in [5.41, 5.74) is -0.669. The highest BCUT2D eigenvalue weighted by atomic mass is 19.4. The quantitative estimate of drug-likeness (QED) is 0.355. The second-order valence-corrected chi connectivity index (χ2v) is 9.73. The monoisotopic (exact) mass is 546 g/mol. The summed E-state index contributed by atoms with van der Waals surface area (Å²) < 4.78 is 66.5. The molecule has 5 heterocycles. The highest BCUT2D eigenvalue weighted by Crippen LogP contribution is 2.55. The third kappa shape index (κ3) is 3.86. The molecule has 1 unspecified atom stereocenters. The predicted molar refractivity (Wildman–Crippen MR) is 125 cm³/mol. The van der Waals surface area contributed by atoms with Gasteiger partial charge in [0.2, 0.25) is 5.91 Å². The number of anilines is 1. The van der Waals surface area contributed by atoms with Gasteiger partial charge in [-0.05, 0) is 43.2 Å². The first-order valence-electron chi connectivity index (χ1n) is 11.9. The first kappa shape index (κ1) is 25.0. The maximum absolute atomic E-state index is 13.6. The average Bonchev–Trinajstić information content (AvgIpc) is 3.51. The third-order valence-electron chi connectivity index (χ3n) is 7.09. The van der Waals surface area contributed by atoms with Gasteiger partial charge < -0.3 is 10.3 Å². The van der Waals surface area contributed by atoms with E-state index in [4.69, 9.17) is 0 Å². The van der Waals surface area contributed by atoms with Crippen LogP contribution in [0, 0.1) is 12.8 Å². The summed E-state index contributed by atoms with van der Waals surface area (Å²) in [6, 6.07) is 1.80.